The molecule has 126 valence electrons. The van der Waals surface area contributed by atoms with E-state index >= 15 is 0 Å². The van der Waals surface area contributed by atoms with Crippen LogP contribution in [0.5, 0.6) is 0 Å². The molecule has 1 amide bonds. The second-order valence-electron chi connectivity index (χ2n) is 6.89. The molecule has 1 saturated carbocycles. The van der Waals surface area contributed by atoms with Crippen molar-refractivity contribution in [3.8, 4) is 0 Å². The molecular formula is C17H22FNO4. The molecule has 1 aliphatic rings. The third-order valence-electron chi connectivity index (χ3n) is 3.92. The summed E-state index contributed by atoms with van der Waals surface area (Å²) in [5, 5.41) is 12.3. The van der Waals surface area contributed by atoms with Crippen LogP contribution in [0.4, 0.5) is 9.18 Å². The van der Waals surface area contributed by atoms with Gasteiger partial charge in [0.1, 0.15) is 16.8 Å². The number of amides is 1. The molecule has 2 rings (SSSR count). The molecule has 1 aromatic rings. The van der Waals surface area contributed by atoms with Crippen molar-refractivity contribution < 1.29 is 23.8 Å². The van der Waals surface area contributed by atoms with Gasteiger partial charge < -0.3 is 15.2 Å². The number of carbonyl (C=O) groups excluding carboxylic acids is 1. The van der Waals surface area contributed by atoms with E-state index in [2.05, 4.69) is 5.32 Å². The Morgan fingerprint density at radius 2 is 1.91 bits per heavy atom. The number of nitrogens with one attached hydrogen (secondary N) is 1. The van der Waals surface area contributed by atoms with Gasteiger partial charge in [0.05, 0.1) is 0 Å². The number of rotatable bonds is 5. The second kappa shape index (κ2) is 6.18. The van der Waals surface area contributed by atoms with Crippen LogP contribution in [0.15, 0.2) is 24.3 Å². The van der Waals surface area contributed by atoms with Crippen LogP contribution in [0.3, 0.4) is 0 Å². The summed E-state index contributed by atoms with van der Waals surface area (Å²) in [7, 11) is 0. The average Bonchev–Trinajstić information content (AvgIpc) is 3.23. The summed E-state index contributed by atoms with van der Waals surface area (Å²) in [6.07, 6.45) is 0.674. The highest BCUT2D eigenvalue weighted by Gasteiger charge is 2.54. The van der Waals surface area contributed by atoms with E-state index in [4.69, 9.17) is 4.74 Å². The van der Waals surface area contributed by atoms with Gasteiger partial charge in [-0.05, 0) is 45.6 Å². The Labute approximate surface area is 134 Å². The number of halogens is 1. The van der Waals surface area contributed by atoms with Crippen molar-refractivity contribution in [2.45, 2.75) is 44.6 Å². The number of hydrogen-bond acceptors (Lipinski definition) is 3. The van der Waals surface area contributed by atoms with E-state index in [0.717, 1.165) is 0 Å². The van der Waals surface area contributed by atoms with Crippen LogP contribution in [0, 0.1) is 11.7 Å². The van der Waals surface area contributed by atoms with E-state index in [0.29, 0.717) is 12.8 Å². The van der Waals surface area contributed by atoms with Gasteiger partial charge in [0.2, 0.25) is 0 Å². The molecule has 0 bridgehead atoms. The van der Waals surface area contributed by atoms with Crippen LogP contribution in [0.1, 0.15) is 39.2 Å². The van der Waals surface area contributed by atoms with Crippen molar-refractivity contribution in [2.75, 3.05) is 6.54 Å². The normalized spacial score (nSPS) is 17.2. The standard InChI is InChI=1S/C17H22FNO4/c1-16(2,3)23-15(22)19-10-17(14(20)21,11-8-9-11)12-6-4-5-7-13(12)18/h4-7,11H,8-10H2,1-3H3,(H,19,22)(H,20,21). The smallest absolute Gasteiger partial charge is 0.407 e. The largest absolute Gasteiger partial charge is 0.481 e. The third-order valence-corrected chi connectivity index (χ3v) is 3.92. The minimum Gasteiger partial charge on any atom is -0.481 e. The van der Waals surface area contributed by atoms with Crippen LogP contribution in [0.2, 0.25) is 0 Å². The lowest BCUT2D eigenvalue weighted by Gasteiger charge is -2.31. The summed E-state index contributed by atoms with van der Waals surface area (Å²) < 4.78 is 19.4. The minimum absolute atomic E-state index is 0.103. The lowest BCUT2D eigenvalue weighted by Crippen LogP contribution is -2.49. The van der Waals surface area contributed by atoms with Gasteiger partial charge in [-0.15, -0.1) is 0 Å². The summed E-state index contributed by atoms with van der Waals surface area (Å²) in [6.45, 7) is 4.95. The first-order chi connectivity index (χ1) is 10.7. The van der Waals surface area contributed by atoms with Crippen molar-refractivity contribution in [3.05, 3.63) is 35.6 Å². The zero-order valence-electron chi connectivity index (χ0n) is 13.6. The highest BCUT2D eigenvalue weighted by molar-refractivity contribution is 5.84. The number of ether oxygens (including phenoxy) is 1. The van der Waals surface area contributed by atoms with E-state index in [1.807, 2.05) is 0 Å². The fourth-order valence-electron chi connectivity index (χ4n) is 2.75. The van der Waals surface area contributed by atoms with E-state index < -0.39 is 28.9 Å². The number of benzene rings is 1. The lowest BCUT2D eigenvalue weighted by atomic mass is 9.75. The topological polar surface area (TPSA) is 75.6 Å². The van der Waals surface area contributed by atoms with Crippen LogP contribution in [-0.4, -0.2) is 29.3 Å². The summed E-state index contributed by atoms with van der Waals surface area (Å²) in [5.41, 5.74) is -2.05. The number of aliphatic carboxylic acids is 1. The number of hydrogen-bond donors (Lipinski definition) is 2. The molecule has 1 aliphatic carbocycles. The van der Waals surface area contributed by atoms with E-state index in [1.165, 1.54) is 18.2 Å². The molecule has 0 radical (unpaired) electrons. The molecular weight excluding hydrogens is 301 g/mol. The fourth-order valence-corrected chi connectivity index (χ4v) is 2.75. The van der Waals surface area contributed by atoms with Crippen LogP contribution in [0.25, 0.3) is 0 Å². The van der Waals surface area contributed by atoms with Crippen LogP contribution < -0.4 is 5.32 Å². The van der Waals surface area contributed by atoms with Crippen molar-refractivity contribution in [1.29, 1.82) is 0 Å². The Bertz CT molecular complexity index is 607. The molecule has 1 unspecified atom stereocenters. The van der Waals surface area contributed by atoms with Crippen molar-refractivity contribution in [1.82, 2.24) is 5.32 Å². The molecule has 5 nitrogen and oxygen atoms in total. The quantitative estimate of drug-likeness (QED) is 0.873. The van der Waals surface area contributed by atoms with Gasteiger partial charge in [0, 0.05) is 12.1 Å². The van der Waals surface area contributed by atoms with Gasteiger partial charge in [-0.2, -0.15) is 0 Å². The first-order valence-corrected chi connectivity index (χ1v) is 7.62. The lowest BCUT2D eigenvalue weighted by molar-refractivity contribution is -0.144. The first-order valence-electron chi connectivity index (χ1n) is 7.62. The predicted molar refractivity (Wildman–Crippen MR) is 82.7 cm³/mol. The molecule has 23 heavy (non-hydrogen) atoms. The number of carboxylic acid groups (broad SMARTS) is 1. The molecule has 0 aliphatic heterocycles. The SMILES string of the molecule is CC(C)(C)OC(=O)NCC(C(=O)O)(c1ccccc1F)C1CC1. The molecule has 1 aromatic carbocycles. The first kappa shape index (κ1) is 17.2. The molecule has 6 heteroatoms. The molecule has 0 heterocycles. The Hall–Kier alpha value is -2.11. The second-order valence-corrected chi connectivity index (χ2v) is 6.89. The predicted octanol–water partition coefficient (Wildman–Crippen LogP) is 3.08. The molecule has 2 N–H and O–H groups in total. The van der Waals surface area contributed by atoms with Gasteiger partial charge in [-0.3, -0.25) is 4.79 Å². The third kappa shape index (κ3) is 3.81. The number of carbonyl (C=O) groups is 2. The summed E-state index contributed by atoms with van der Waals surface area (Å²) >= 11 is 0. The molecule has 1 atom stereocenters. The van der Waals surface area contributed by atoms with Gasteiger partial charge in [0.25, 0.3) is 0 Å². The van der Waals surface area contributed by atoms with E-state index in [1.54, 1.807) is 26.8 Å². The van der Waals surface area contributed by atoms with Crippen molar-refractivity contribution >= 4 is 12.1 Å². The maximum absolute atomic E-state index is 14.2. The maximum atomic E-state index is 14.2. The minimum atomic E-state index is -1.47. The van der Waals surface area contributed by atoms with Crippen LogP contribution >= 0.6 is 0 Å². The zero-order chi connectivity index (χ0) is 17.3. The van der Waals surface area contributed by atoms with Gasteiger partial charge in [0.15, 0.2) is 0 Å². The highest BCUT2D eigenvalue weighted by atomic mass is 19.1. The molecule has 0 aromatic heterocycles. The fraction of sp³-hybridized carbons (Fsp3) is 0.529. The van der Waals surface area contributed by atoms with Crippen LogP contribution in [-0.2, 0) is 14.9 Å². The van der Waals surface area contributed by atoms with Gasteiger partial charge in [-0.1, -0.05) is 18.2 Å². The zero-order valence-corrected chi connectivity index (χ0v) is 13.6. The summed E-state index contributed by atoms with van der Waals surface area (Å²) in [4.78, 5) is 23.9. The Kier molecular flexibility index (Phi) is 4.63. The highest BCUT2D eigenvalue weighted by Crippen LogP contribution is 2.48. The summed E-state index contributed by atoms with van der Waals surface area (Å²) in [5.74, 6) is -1.92. The molecule has 0 saturated heterocycles. The van der Waals surface area contributed by atoms with Gasteiger partial charge in [-0.25, -0.2) is 9.18 Å². The Balaban J connectivity index is 2.27. The average molecular weight is 323 g/mol. The van der Waals surface area contributed by atoms with Crippen molar-refractivity contribution in [3.63, 3.8) is 0 Å². The Morgan fingerprint density at radius 3 is 2.39 bits per heavy atom. The number of carboxylic acids is 1. The van der Waals surface area contributed by atoms with Gasteiger partial charge >= 0.3 is 12.1 Å². The van der Waals surface area contributed by atoms with E-state index in [-0.39, 0.29) is 18.0 Å². The van der Waals surface area contributed by atoms with E-state index in [9.17, 15) is 19.1 Å². The molecule has 1 fully saturated rings. The monoisotopic (exact) mass is 323 g/mol. The Morgan fingerprint density at radius 1 is 1.30 bits per heavy atom. The van der Waals surface area contributed by atoms with Crippen molar-refractivity contribution in [2.24, 2.45) is 5.92 Å². The summed E-state index contributed by atoms with van der Waals surface area (Å²) in [6, 6.07) is 5.83. The number of alkyl carbamates (subject to hydrolysis) is 1. The molecule has 0 spiro atoms. The maximum Gasteiger partial charge on any atom is 0.407 e.